The van der Waals surface area contributed by atoms with Crippen LogP contribution in [-0.4, -0.2) is 80.6 Å². The number of nitrogens with zero attached hydrogens (tertiary/aromatic N) is 6. The lowest BCUT2D eigenvalue weighted by molar-refractivity contribution is -0.0349. The topological polar surface area (TPSA) is 110 Å². The third-order valence-electron chi connectivity index (χ3n) is 8.68. The van der Waals surface area contributed by atoms with Crippen LogP contribution < -0.4 is 14.4 Å². The third kappa shape index (κ3) is 6.97. The van der Waals surface area contributed by atoms with Crippen molar-refractivity contribution >= 4 is 17.8 Å². The molecule has 1 saturated heterocycles. The Morgan fingerprint density at radius 2 is 1.81 bits per heavy atom. The third-order valence-corrected chi connectivity index (χ3v) is 8.68. The van der Waals surface area contributed by atoms with Gasteiger partial charge in [-0.3, -0.25) is 14.7 Å². The van der Waals surface area contributed by atoms with Gasteiger partial charge in [-0.05, 0) is 71.7 Å². The van der Waals surface area contributed by atoms with Crippen LogP contribution in [0.5, 0.6) is 17.2 Å². The maximum Gasteiger partial charge on any atom is 0.410 e. The van der Waals surface area contributed by atoms with E-state index in [1.807, 2.05) is 31.7 Å². The zero-order chi connectivity index (χ0) is 34.4. The number of rotatable bonds is 9. The number of alkyl halides is 2. The number of benzene rings is 1. The molecule has 3 aromatic rings. The minimum Gasteiger partial charge on any atom is -0.490 e. The van der Waals surface area contributed by atoms with Crippen molar-refractivity contribution < 1.29 is 37.0 Å². The first-order valence-corrected chi connectivity index (χ1v) is 15.9. The van der Waals surface area contributed by atoms with Crippen molar-refractivity contribution in [3.8, 4) is 17.2 Å². The second-order valence-electron chi connectivity index (χ2n) is 14.0. The monoisotopic (exact) mass is 668 g/mol. The molecule has 2 fully saturated rings. The predicted octanol–water partition coefficient (Wildman–Crippen LogP) is 6.22. The zero-order valence-corrected chi connectivity index (χ0v) is 27.6. The number of fused-ring (bicyclic) bond motifs is 1. The molecule has 6 rings (SSSR count). The summed E-state index contributed by atoms with van der Waals surface area (Å²) in [4.78, 5) is 43.5. The van der Waals surface area contributed by atoms with Crippen LogP contribution in [0.25, 0.3) is 0 Å². The number of aromatic nitrogens is 3. The Morgan fingerprint density at radius 1 is 1.06 bits per heavy atom. The molecule has 256 valence electrons. The van der Waals surface area contributed by atoms with Gasteiger partial charge in [0.25, 0.3) is 12.3 Å². The molecule has 2 aromatic heterocycles. The van der Waals surface area contributed by atoms with Gasteiger partial charge >= 0.3 is 6.09 Å². The quantitative estimate of drug-likeness (QED) is 0.263. The van der Waals surface area contributed by atoms with E-state index in [1.165, 1.54) is 18.6 Å². The van der Waals surface area contributed by atoms with E-state index in [0.717, 1.165) is 46.9 Å². The fourth-order valence-electron chi connectivity index (χ4n) is 6.48. The molecule has 11 nitrogen and oxygen atoms in total. The van der Waals surface area contributed by atoms with Crippen LogP contribution in [0, 0.1) is 11.2 Å². The minimum absolute atomic E-state index is 0.000254. The molecular weight excluding hydrogens is 629 g/mol. The number of carbonyl (C=O) groups is 2. The van der Waals surface area contributed by atoms with Gasteiger partial charge in [-0.2, -0.15) is 0 Å². The molecule has 0 N–H and O–H groups in total. The summed E-state index contributed by atoms with van der Waals surface area (Å²) in [6.45, 7) is 10.1. The Kier molecular flexibility index (Phi) is 8.86. The molecule has 1 spiro atoms. The first-order valence-electron chi connectivity index (χ1n) is 15.9. The number of halogens is 3. The molecular formula is C34H39F3N6O5. The van der Waals surface area contributed by atoms with E-state index < -0.39 is 36.3 Å². The summed E-state index contributed by atoms with van der Waals surface area (Å²) in [6.07, 6.45) is 3.06. The highest BCUT2D eigenvalue weighted by molar-refractivity contribution is 5.97. The van der Waals surface area contributed by atoms with Crippen molar-refractivity contribution in [3.63, 3.8) is 0 Å². The first-order chi connectivity index (χ1) is 22.7. The van der Waals surface area contributed by atoms with E-state index >= 15 is 0 Å². The maximum absolute atomic E-state index is 14.3. The molecule has 14 heteroatoms. The van der Waals surface area contributed by atoms with Crippen LogP contribution in [0.2, 0.25) is 0 Å². The van der Waals surface area contributed by atoms with E-state index in [1.54, 1.807) is 24.9 Å². The number of ether oxygens (including phenoxy) is 3. The van der Waals surface area contributed by atoms with E-state index in [4.69, 9.17) is 14.2 Å². The van der Waals surface area contributed by atoms with Gasteiger partial charge in [0.15, 0.2) is 11.6 Å². The lowest BCUT2D eigenvalue weighted by atomic mass is 9.61. The Morgan fingerprint density at radius 3 is 2.50 bits per heavy atom. The fraction of sp³-hybridized carbons (Fsp3) is 0.500. The Labute approximate surface area is 277 Å². The average molecular weight is 669 g/mol. The van der Waals surface area contributed by atoms with Gasteiger partial charge in [-0.15, -0.1) is 0 Å². The molecule has 2 amide bonds. The molecule has 0 atom stereocenters. The number of anilines is 1. The van der Waals surface area contributed by atoms with Gasteiger partial charge in [0.05, 0.1) is 37.1 Å². The van der Waals surface area contributed by atoms with Crippen LogP contribution in [-0.2, 0) is 17.8 Å². The van der Waals surface area contributed by atoms with Crippen molar-refractivity contribution in [3.05, 3.63) is 65.6 Å². The molecule has 0 unspecified atom stereocenters. The van der Waals surface area contributed by atoms with Gasteiger partial charge < -0.3 is 24.0 Å². The summed E-state index contributed by atoms with van der Waals surface area (Å²) in [5, 5.41) is 0. The second-order valence-corrected chi connectivity index (χ2v) is 14.0. The summed E-state index contributed by atoms with van der Waals surface area (Å²) in [5.74, 6) is 0.0401. The SMILES string of the molecule is CC(C)N(CC(F)F)C(=O)c1cc(F)ccc1Oc1cncnc1N1CC2(CC(Oc3ccnc4c3CN(C(=O)OC(C)(C)C)C4)C2)C1. The molecule has 48 heavy (non-hydrogen) atoms. The van der Waals surface area contributed by atoms with Crippen LogP contribution in [0.15, 0.2) is 43.0 Å². The van der Waals surface area contributed by atoms with E-state index in [9.17, 15) is 22.8 Å². The Balaban J connectivity index is 1.09. The van der Waals surface area contributed by atoms with E-state index in [-0.39, 0.29) is 34.7 Å². The van der Waals surface area contributed by atoms with Crippen LogP contribution in [0.4, 0.5) is 23.8 Å². The molecule has 1 aromatic carbocycles. The maximum atomic E-state index is 14.3. The Bertz CT molecular complexity index is 1690. The summed E-state index contributed by atoms with van der Waals surface area (Å²) in [7, 11) is 0. The highest BCUT2D eigenvalue weighted by Crippen LogP contribution is 2.52. The van der Waals surface area contributed by atoms with Crippen molar-refractivity contribution in [2.45, 2.75) is 84.7 Å². The van der Waals surface area contributed by atoms with Crippen LogP contribution >= 0.6 is 0 Å². The number of pyridine rings is 1. The minimum atomic E-state index is -2.75. The lowest BCUT2D eigenvalue weighted by Gasteiger charge is -2.58. The highest BCUT2D eigenvalue weighted by atomic mass is 19.3. The fourth-order valence-corrected chi connectivity index (χ4v) is 6.48. The van der Waals surface area contributed by atoms with Crippen molar-refractivity contribution in [1.29, 1.82) is 0 Å². The summed E-state index contributed by atoms with van der Waals surface area (Å²) >= 11 is 0. The normalized spacial score (nSPS) is 16.9. The zero-order valence-electron chi connectivity index (χ0n) is 27.6. The molecule has 2 aliphatic heterocycles. The molecule has 3 aliphatic rings. The van der Waals surface area contributed by atoms with E-state index in [2.05, 4.69) is 15.0 Å². The lowest BCUT2D eigenvalue weighted by Crippen LogP contribution is -2.65. The largest absolute Gasteiger partial charge is 0.490 e. The molecule has 0 radical (unpaired) electrons. The summed E-state index contributed by atoms with van der Waals surface area (Å²) in [5.41, 5.74) is 0.956. The standard InChI is InChI=1S/C34H39F3N6O5/c1-20(2)43(16-29(36)37)31(44)23-10-21(35)6-7-26(23)47-28-13-38-19-40-30(28)42-17-34(18-42)11-22(12-34)46-27-8-9-39-25-15-41(14-24(25)27)32(45)48-33(3,4)5/h6-10,13,19-20,22,29H,11-12,14-18H2,1-5H3. The van der Waals surface area contributed by atoms with Crippen molar-refractivity contribution in [1.82, 2.24) is 24.8 Å². The van der Waals surface area contributed by atoms with E-state index in [0.29, 0.717) is 32.0 Å². The van der Waals surface area contributed by atoms with Crippen molar-refractivity contribution in [2.24, 2.45) is 5.41 Å². The number of hydrogen-bond acceptors (Lipinski definition) is 9. The summed E-state index contributed by atoms with van der Waals surface area (Å²) in [6, 6.07) is 4.72. The molecule has 0 bridgehead atoms. The van der Waals surface area contributed by atoms with Gasteiger partial charge in [-0.1, -0.05) is 0 Å². The predicted molar refractivity (Wildman–Crippen MR) is 169 cm³/mol. The molecule has 4 heterocycles. The second kappa shape index (κ2) is 12.8. The van der Waals surface area contributed by atoms with Crippen molar-refractivity contribution in [2.75, 3.05) is 24.5 Å². The summed E-state index contributed by atoms with van der Waals surface area (Å²) < 4.78 is 58.8. The molecule has 1 aliphatic carbocycles. The van der Waals surface area contributed by atoms with Crippen LogP contribution in [0.1, 0.15) is 69.1 Å². The molecule has 1 saturated carbocycles. The number of amides is 2. The highest BCUT2D eigenvalue weighted by Gasteiger charge is 2.54. The van der Waals surface area contributed by atoms with Gasteiger partial charge in [0.1, 0.15) is 35.3 Å². The number of carbonyl (C=O) groups excluding carboxylic acids is 2. The number of hydrogen-bond donors (Lipinski definition) is 0. The van der Waals surface area contributed by atoms with Crippen LogP contribution in [0.3, 0.4) is 0 Å². The average Bonchev–Trinajstić information content (AvgIpc) is 3.42. The van der Waals surface area contributed by atoms with Gasteiger partial charge in [0, 0.05) is 36.3 Å². The first kappa shape index (κ1) is 33.3. The smallest absolute Gasteiger partial charge is 0.410 e. The van der Waals surface area contributed by atoms with Gasteiger partial charge in [-0.25, -0.2) is 27.9 Å². The Hall–Kier alpha value is -4.62. The van der Waals surface area contributed by atoms with Gasteiger partial charge in [0.2, 0.25) is 0 Å².